The Kier molecular flexibility index (Phi) is 3.72. The van der Waals surface area contributed by atoms with Crippen LogP contribution >= 0.6 is 22.6 Å². The topological polar surface area (TPSA) is 55.4 Å². The van der Waals surface area contributed by atoms with Gasteiger partial charge in [-0.05, 0) is 53.8 Å². The van der Waals surface area contributed by atoms with E-state index in [2.05, 4.69) is 55.7 Å². The number of halogens is 1. The maximum atomic E-state index is 5.41. The first-order chi connectivity index (χ1) is 9.78. The van der Waals surface area contributed by atoms with Gasteiger partial charge in [0.15, 0.2) is 3.77 Å². The Bertz CT molecular complexity index is 759. The van der Waals surface area contributed by atoms with E-state index in [1.54, 1.807) is 6.21 Å². The zero-order valence-corrected chi connectivity index (χ0v) is 13.0. The van der Waals surface area contributed by atoms with Crippen LogP contribution in [0.1, 0.15) is 12.7 Å². The van der Waals surface area contributed by atoms with Crippen molar-refractivity contribution in [2.45, 2.75) is 13.5 Å². The van der Waals surface area contributed by atoms with Crippen LogP contribution in [0.4, 0.5) is 5.95 Å². The van der Waals surface area contributed by atoms with Gasteiger partial charge in [-0.15, -0.1) is 0 Å². The van der Waals surface area contributed by atoms with Crippen LogP contribution in [-0.2, 0) is 6.54 Å². The minimum Gasteiger partial charge on any atom is -0.449 e. The standard InChI is InChI=1S/C14H13IN4O/c1-2-19-12-6-4-3-5-11(12)17-14(19)18-16-9-10-7-8-13(15)20-10/h3-9H,2H2,1H3,(H,17,18)/b16-9-. The first kappa shape index (κ1) is 13.2. The number of fused-ring (bicyclic) bond motifs is 1. The molecular formula is C14H13IN4O. The van der Waals surface area contributed by atoms with E-state index in [1.165, 1.54) is 0 Å². The molecule has 5 nitrogen and oxygen atoms in total. The van der Waals surface area contributed by atoms with Crippen molar-refractivity contribution in [1.29, 1.82) is 0 Å². The lowest BCUT2D eigenvalue weighted by atomic mass is 10.3. The van der Waals surface area contributed by atoms with Crippen molar-refractivity contribution >= 4 is 45.8 Å². The van der Waals surface area contributed by atoms with Gasteiger partial charge in [-0.25, -0.2) is 10.4 Å². The van der Waals surface area contributed by atoms with Gasteiger partial charge in [0.25, 0.3) is 0 Å². The third-order valence-electron chi connectivity index (χ3n) is 2.92. The fraction of sp³-hybridized carbons (Fsp3) is 0.143. The lowest BCUT2D eigenvalue weighted by Crippen LogP contribution is -2.01. The second-order valence-corrected chi connectivity index (χ2v) is 5.24. The third kappa shape index (κ3) is 2.55. The molecule has 102 valence electrons. The number of para-hydroxylation sites is 2. The van der Waals surface area contributed by atoms with E-state index >= 15 is 0 Å². The van der Waals surface area contributed by atoms with Crippen LogP contribution in [0.5, 0.6) is 0 Å². The number of rotatable bonds is 4. The van der Waals surface area contributed by atoms with Crippen LogP contribution in [-0.4, -0.2) is 15.8 Å². The molecule has 0 spiro atoms. The summed E-state index contributed by atoms with van der Waals surface area (Å²) in [5, 5.41) is 4.17. The number of benzene rings is 1. The maximum Gasteiger partial charge on any atom is 0.224 e. The van der Waals surface area contributed by atoms with Crippen LogP contribution < -0.4 is 5.43 Å². The average molecular weight is 380 g/mol. The second kappa shape index (κ2) is 5.66. The predicted octanol–water partition coefficient (Wildman–Crippen LogP) is 3.70. The molecule has 0 aliphatic rings. The molecule has 3 rings (SSSR count). The number of aromatic nitrogens is 2. The Morgan fingerprint density at radius 3 is 2.95 bits per heavy atom. The number of hydrogen-bond donors (Lipinski definition) is 1. The lowest BCUT2D eigenvalue weighted by Gasteiger charge is -2.03. The van der Waals surface area contributed by atoms with E-state index in [9.17, 15) is 0 Å². The molecule has 3 aromatic rings. The molecule has 0 amide bonds. The summed E-state index contributed by atoms with van der Waals surface area (Å²) in [6, 6.07) is 11.8. The summed E-state index contributed by atoms with van der Waals surface area (Å²) in [5.41, 5.74) is 5.03. The van der Waals surface area contributed by atoms with Crippen molar-refractivity contribution < 1.29 is 4.42 Å². The molecule has 0 unspecified atom stereocenters. The Balaban J connectivity index is 1.85. The Labute approximate surface area is 129 Å². The highest BCUT2D eigenvalue weighted by atomic mass is 127. The van der Waals surface area contributed by atoms with Crippen LogP contribution in [0.3, 0.4) is 0 Å². The van der Waals surface area contributed by atoms with E-state index in [-0.39, 0.29) is 0 Å². The summed E-state index contributed by atoms with van der Waals surface area (Å²) >= 11 is 2.12. The van der Waals surface area contributed by atoms with Gasteiger partial charge >= 0.3 is 0 Å². The average Bonchev–Trinajstić information content (AvgIpc) is 3.02. The summed E-state index contributed by atoms with van der Waals surface area (Å²) in [4.78, 5) is 4.53. The first-order valence-corrected chi connectivity index (χ1v) is 7.35. The molecule has 6 heteroatoms. The molecule has 1 aromatic carbocycles. The molecule has 0 saturated carbocycles. The summed E-state index contributed by atoms with van der Waals surface area (Å²) in [6.45, 7) is 2.91. The number of imidazole rings is 1. The quantitative estimate of drug-likeness (QED) is 0.427. The molecule has 2 aromatic heterocycles. The molecule has 0 aliphatic heterocycles. The Morgan fingerprint density at radius 1 is 1.35 bits per heavy atom. The molecule has 2 heterocycles. The number of furan rings is 1. The third-order valence-corrected chi connectivity index (χ3v) is 3.50. The van der Waals surface area contributed by atoms with Crippen LogP contribution in [0.25, 0.3) is 11.0 Å². The van der Waals surface area contributed by atoms with Crippen molar-refractivity contribution in [3.63, 3.8) is 0 Å². The summed E-state index contributed by atoms with van der Waals surface area (Å²) in [5.74, 6) is 1.44. The van der Waals surface area contributed by atoms with E-state index in [1.807, 2.05) is 30.3 Å². The molecule has 1 N–H and O–H groups in total. The smallest absolute Gasteiger partial charge is 0.224 e. The lowest BCUT2D eigenvalue weighted by molar-refractivity contribution is 0.531. The van der Waals surface area contributed by atoms with E-state index < -0.39 is 0 Å². The summed E-state index contributed by atoms with van der Waals surface area (Å²) < 4.78 is 8.33. The number of anilines is 1. The fourth-order valence-electron chi connectivity index (χ4n) is 2.03. The zero-order chi connectivity index (χ0) is 13.9. The number of nitrogens with zero attached hydrogens (tertiary/aromatic N) is 3. The molecule has 0 atom stereocenters. The van der Waals surface area contributed by atoms with Gasteiger partial charge in [-0.1, -0.05) is 12.1 Å². The van der Waals surface area contributed by atoms with Gasteiger partial charge in [0, 0.05) is 6.54 Å². The highest BCUT2D eigenvalue weighted by Gasteiger charge is 2.07. The molecule has 0 aliphatic carbocycles. The maximum absolute atomic E-state index is 5.41. The van der Waals surface area contributed by atoms with Gasteiger partial charge < -0.3 is 8.98 Å². The van der Waals surface area contributed by atoms with Gasteiger partial charge in [-0.3, -0.25) is 0 Å². The summed E-state index contributed by atoms with van der Waals surface area (Å²) in [6.07, 6.45) is 1.64. The minimum atomic E-state index is 0.709. The van der Waals surface area contributed by atoms with Gasteiger partial charge in [0.1, 0.15) is 5.76 Å². The normalized spacial score (nSPS) is 11.5. The summed E-state index contributed by atoms with van der Waals surface area (Å²) in [7, 11) is 0. The van der Waals surface area contributed by atoms with E-state index in [4.69, 9.17) is 4.42 Å². The highest BCUT2D eigenvalue weighted by Crippen LogP contribution is 2.19. The van der Waals surface area contributed by atoms with Crippen LogP contribution in [0.15, 0.2) is 45.9 Å². The van der Waals surface area contributed by atoms with Gasteiger partial charge in [0.2, 0.25) is 5.95 Å². The van der Waals surface area contributed by atoms with E-state index in [0.717, 1.165) is 27.3 Å². The predicted molar refractivity (Wildman–Crippen MR) is 88.0 cm³/mol. The Hall–Kier alpha value is -1.83. The van der Waals surface area contributed by atoms with Crippen molar-refractivity contribution in [1.82, 2.24) is 9.55 Å². The number of hydrogen-bond acceptors (Lipinski definition) is 4. The second-order valence-electron chi connectivity index (χ2n) is 4.18. The molecule has 20 heavy (non-hydrogen) atoms. The Morgan fingerprint density at radius 2 is 2.20 bits per heavy atom. The van der Waals surface area contributed by atoms with Crippen LogP contribution in [0, 0.1) is 3.77 Å². The van der Waals surface area contributed by atoms with Crippen molar-refractivity contribution in [3.05, 3.63) is 45.9 Å². The zero-order valence-electron chi connectivity index (χ0n) is 10.9. The van der Waals surface area contributed by atoms with Crippen molar-refractivity contribution in [3.8, 4) is 0 Å². The molecule has 0 fully saturated rings. The van der Waals surface area contributed by atoms with Crippen LogP contribution in [0.2, 0.25) is 0 Å². The fourth-order valence-corrected chi connectivity index (χ4v) is 2.47. The van der Waals surface area contributed by atoms with Crippen molar-refractivity contribution in [2.24, 2.45) is 5.10 Å². The first-order valence-electron chi connectivity index (χ1n) is 6.27. The monoisotopic (exact) mass is 380 g/mol. The largest absolute Gasteiger partial charge is 0.449 e. The van der Waals surface area contributed by atoms with Crippen molar-refractivity contribution in [2.75, 3.05) is 5.43 Å². The highest BCUT2D eigenvalue weighted by molar-refractivity contribution is 14.1. The molecule has 0 bridgehead atoms. The number of hydrazone groups is 1. The van der Waals surface area contributed by atoms with Gasteiger partial charge in [-0.2, -0.15) is 5.10 Å². The molecule has 0 saturated heterocycles. The molecular weight excluding hydrogens is 367 g/mol. The van der Waals surface area contributed by atoms with Gasteiger partial charge in [0.05, 0.1) is 17.2 Å². The number of nitrogens with one attached hydrogen (secondary N) is 1. The number of aryl methyl sites for hydroxylation is 1. The van der Waals surface area contributed by atoms with E-state index in [0.29, 0.717) is 5.76 Å². The SMILES string of the molecule is CCn1c(N/N=C\c2ccc(I)o2)nc2ccccc21. The molecule has 0 radical (unpaired) electrons. The minimum absolute atomic E-state index is 0.709.